The third-order valence-corrected chi connectivity index (χ3v) is 13.4. The number of alkyl halides is 29. The van der Waals surface area contributed by atoms with Crippen LogP contribution in [0.2, 0.25) is 0 Å². The fourth-order valence-electron chi connectivity index (χ4n) is 9.31. The number of carbonyl (C=O) groups excluding carboxylic acids is 2. The van der Waals surface area contributed by atoms with Gasteiger partial charge in [-0.1, -0.05) is 36.5 Å². The van der Waals surface area contributed by atoms with Crippen molar-refractivity contribution in [3.8, 4) is 0 Å². The van der Waals surface area contributed by atoms with Crippen molar-refractivity contribution in [3.05, 3.63) is 75.9 Å². The monoisotopic (exact) mass is 1450 g/mol. The minimum atomic E-state index is -7.02. The average Bonchev–Trinajstić information content (AvgIpc) is 0.708. The van der Waals surface area contributed by atoms with Gasteiger partial charge >= 0.3 is 66.6 Å². The topological polar surface area (TPSA) is 120 Å². The van der Waals surface area contributed by atoms with E-state index in [1.165, 1.54) is 36.5 Å². The molecule has 0 heterocycles. The lowest BCUT2D eigenvalue weighted by Gasteiger charge is -2.48. The van der Waals surface area contributed by atoms with E-state index in [0.29, 0.717) is 0 Å². The van der Waals surface area contributed by atoms with Crippen molar-refractivity contribution in [2.45, 2.75) is 180 Å². The van der Waals surface area contributed by atoms with E-state index in [1.54, 1.807) is 5.32 Å². The summed E-state index contributed by atoms with van der Waals surface area (Å²) in [5.74, 6) is -40.6. The van der Waals surface area contributed by atoms with Crippen molar-refractivity contribution < 1.29 is 175 Å². The van der Waals surface area contributed by atoms with Gasteiger partial charge in [0.15, 0.2) is 0 Å². The molecule has 2 unspecified atom stereocenters. The lowest BCUT2D eigenvalue weighted by Crippen LogP contribution is -2.71. The maximum Gasteiger partial charge on any atom is 0.400 e. The van der Waals surface area contributed by atoms with E-state index in [2.05, 4.69) is 77.4 Å². The highest BCUT2D eigenvalue weighted by atomic mass is 19.4. The lowest BCUT2D eigenvalue weighted by atomic mass is 9.73. The minimum Gasteiger partial charge on any atom is -0.372 e. The molecule has 1 saturated carbocycles. The summed E-state index contributed by atoms with van der Waals surface area (Å²) in [5, 5.41) is 1.65. The van der Waals surface area contributed by atoms with E-state index < -0.39 is 223 Å². The fraction of sp³-hybridized carbons (Fsp3) is 0.745. The molecule has 1 fully saturated rings. The molecule has 0 aliphatic heterocycles. The molecule has 1 amide bonds. The number of amides is 1. The molecule has 0 aromatic heterocycles. The maximum atomic E-state index is 15.4. The van der Waals surface area contributed by atoms with E-state index in [4.69, 9.17) is 0 Å². The van der Waals surface area contributed by atoms with Gasteiger partial charge in [0.25, 0.3) is 29.3 Å². The summed E-state index contributed by atoms with van der Waals surface area (Å²) in [4.78, 5) is 24.4. The van der Waals surface area contributed by atoms with Crippen molar-refractivity contribution in [1.29, 1.82) is 0 Å². The van der Waals surface area contributed by atoms with Gasteiger partial charge in [-0.3, -0.25) is 28.5 Å². The molecular formula is C55H66F29NO10. The molecule has 1 aliphatic rings. The number of carbonyl (C=O) groups is 2. The zero-order valence-electron chi connectivity index (χ0n) is 49.6. The summed E-state index contributed by atoms with van der Waals surface area (Å²) in [6.45, 7) is -1.02. The number of nitrogens with one attached hydrogen (secondary N) is 1. The first-order valence-electron chi connectivity index (χ1n) is 27.3. The molecule has 0 aromatic rings. The largest absolute Gasteiger partial charge is 0.400 e. The van der Waals surface area contributed by atoms with Crippen LogP contribution in [0.4, 0.5) is 127 Å². The number of halogens is 29. The summed E-state index contributed by atoms with van der Waals surface area (Å²) in [6, 6.07) is 0. The van der Waals surface area contributed by atoms with Crippen LogP contribution in [-0.4, -0.2) is 161 Å². The van der Waals surface area contributed by atoms with Crippen LogP contribution in [-0.2, 0) is 47.5 Å². The first kappa shape index (κ1) is 88.2. The lowest BCUT2D eigenvalue weighted by molar-refractivity contribution is -0.461. The summed E-state index contributed by atoms with van der Waals surface area (Å²) in [5.41, 5.74) is -8.15. The molecule has 1 rings (SSSR count). The Kier molecular flexibility index (Phi) is 31.0. The third-order valence-electron chi connectivity index (χ3n) is 13.4. The Balaban J connectivity index is 2.86. The molecule has 40 heteroatoms. The molecular weight excluding hydrogens is 1390 g/mol. The first-order valence-corrected chi connectivity index (χ1v) is 27.3. The normalized spacial score (nSPS) is 18.5. The van der Waals surface area contributed by atoms with Crippen LogP contribution in [0.25, 0.3) is 0 Å². The molecule has 554 valence electrons. The van der Waals surface area contributed by atoms with Crippen molar-refractivity contribution >= 4 is 11.7 Å². The van der Waals surface area contributed by atoms with Crippen molar-refractivity contribution in [1.82, 2.24) is 5.32 Å². The second-order valence-electron chi connectivity index (χ2n) is 22.3. The summed E-state index contributed by atoms with van der Waals surface area (Å²) < 4.78 is 445. The van der Waals surface area contributed by atoms with E-state index in [0.717, 1.165) is 0 Å². The fourth-order valence-corrected chi connectivity index (χ4v) is 9.31. The van der Waals surface area contributed by atoms with E-state index in [9.17, 15) is 133 Å². The van der Waals surface area contributed by atoms with Crippen LogP contribution >= 0.6 is 0 Å². The third kappa shape index (κ3) is 28.5. The van der Waals surface area contributed by atoms with Crippen LogP contribution in [0, 0.1) is 16.7 Å². The highest BCUT2D eigenvalue weighted by Crippen LogP contribution is 2.61. The Morgan fingerprint density at radius 3 is 1.15 bits per heavy atom. The van der Waals surface area contributed by atoms with Crippen LogP contribution < -0.4 is 5.32 Å². The molecule has 11 nitrogen and oxygen atoms in total. The number of allylic oxidation sites excluding steroid dienone is 6. The average molecular weight is 1450 g/mol. The number of rotatable bonds is 51. The predicted molar refractivity (Wildman–Crippen MR) is 273 cm³/mol. The Bertz CT molecular complexity index is 2470. The van der Waals surface area contributed by atoms with Gasteiger partial charge in [-0.05, 0) is 68.6 Å². The second kappa shape index (κ2) is 33.4. The van der Waals surface area contributed by atoms with Gasteiger partial charge in [0.05, 0.1) is 18.9 Å². The Morgan fingerprint density at radius 2 is 0.768 bits per heavy atom. The predicted octanol–water partition coefficient (Wildman–Crippen LogP) is 17.2. The van der Waals surface area contributed by atoms with E-state index in [1.807, 2.05) is 0 Å². The number of hydrogen-bond donors (Lipinski definition) is 1. The molecule has 0 aromatic carbocycles. The molecule has 0 bridgehead atoms. The zero-order chi connectivity index (χ0) is 74.1. The number of hydrogen-bond acceptors (Lipinski definition) is 10. The van der Waals surface area contributed by atoms with Gasteiger partial charge in [0.1, 0.15) is 71.3 Å². The molecule has 95 heavy (non-hydrogen) atoms. The highest BCUT2D eigenvalue weighted by molar-refractivity contribution is 5.83. The Labute approximate surface area is 523 Å². The number of ketones is 1. The zero-order valence-corrected chi connectivity index (χ0v) is 49.6. The molecule has 0 saturated heterocycles. The van der Waals surface area contributed by atoms with Gasteiger partial charge in [-0.15, -0.1) is 39.5 Å². The quantitative estimate of drug-likeness (QED) is 0.0466. The molecule has 1 N–H and O–H groups in total. The Morgan fingerprint density at radius 1 is 0.432 bits per heavy atom. The smallest absolute Gasteiger partial charge is 0.372 e. The van der Waals surface area contributed by atoms with E-state index in [-0.39, 0.29) is 44.9 Å². The minimum absolute atomic E-state index is 0.000958. The van der Waals surface area contributed by atoms with Crippen LogP contribution in [0.1, 0.15) is 89.9 Å². The van der Waals surface area contributed by atoms with Gasteiger partial charge < -0.3 is 24.3 Å². The summed E-state index contributed by atoms with van der Waals surface area (Å²) in [7, 11) is 0. The van der Waals surface area contributed by atoms with Gasteiger partial charge in [-0.25, -0.2) is 30.7 Å². The van der Waals surface area contributed by atoms with Crippen LogP contribution in [0.15, 0.2) is 75.9 Å². The molecule has 0 spiro atoms. The van der Waals surface area contributed by atoms with Crippen molar-refractivity contribution in [3.63, 3.8) is 0 Å². The summed E-state index contributed by atoms with van der Waals surface area (Å²) >= 11 is 0. The Hall–Kier alpha value is -4.77. The standard InChI is InChI=1S/C55H66F29NO10/c1-7-15-39(16-8-2,17-9-3)21-14-37(86)23-41(56,57)29-89-33-50(73,74)93-47(67,68)26-43(60,61)31-91-35-52(77,78)95-55(83,84)45(64)22-13-36(53(79,80)54(45,81)82)24-88-32-49(71,72)92-46(65,66)25-42(58,59)30-90-34-51(75,76)94-48(69,70)27-44(62,63)38(87)85-28-40(18-10-4,19-11-5)20-12-6/h7-12,36H,1-6,13-35H2,(H,85,87). The SMILES string of the molecule is C=CCC(CC=C)(CC=C)CCC(=O)CC(F)(F)COCC(F)(F)OC(F)(F)CC(F)(F)COCC(F)(F)OC(F)(F)C1(F)CCC(COCC(F)(F)OC(F)(F)CC(F)(F)COCC(F)(F)OC(F)(F)CC(F)(F)C(=O)NCC(CC=C)(CC=C)CC=C)C(F)(F)C1(F)F. The molecule has 0 radical (unpaired) electrons. The van der Waals surface area contributed by atoms with Crippen LogP contribution in [0.5, 0.6) is 0 Å². The molecule has 1 aliphatic carbocycles. The van der Waals surface area contributed by atoms with Gasteiger partial charge in [0.2, 0.25) is 0 Å². The molecule has 2 atom stereocenters. The summed E-state index contributed by atoms with van der Waals surface area (Å²) in [6.07, 6.45) is -54.7. The van der Waals surface area contributed by atoms with Crippen molar-refractivity contribution in [2.24, 2.45) is 16.7 Å². The highest BCUT2D eigenvalue weighted by Gasteiger charge is 2.84. The number of ether oxygens (including phenoxy) is 8. The van der Waals surface area contributed by atoms with Gasteiger partial charge in [0, 0.05) is 13.0 Å². The van der Waals surface area contributed by atoms with E-state index >= 15 is 4.39 Å². The van der Waals surface area contributed by atoms with Crippen LogP contribution in [0.3, 0.4) is 0 Å². The maximum absolute atomic E-state index is 15.4. The number of Topliss-reactive ketones (excluding diaryl/α,β-unsaturated/α-hetero) is 1. The van der Waals surface area contributed by atoms with Gasteiger partial charge in [-0.2, -0.15) is 96.6 Å². The second-order valence-corrected chi connectivity index (χ2v) is 22.3. The first-order chi connectivity index (χ1) is 42.7. The van der Waals surface area contributed by atoms with Crippen molar-refractivity contribution in [2.75, 3.05) is 59.4 Å².